The van der Waals surface area contributed by atoms with Crippen LogP contribution in [-0.4, -0.2) is 11.7 Å². The van der Waals surface area contributed by atoms with Crippen molar-refractivity contribution in [3.05, 3.63) is 34.9 Å². The summed E-state index contributed by atoms with van der Waals surface area (Å²) < 4.78 is 26.1. The Balaban J connectivity index is 2.90. The fourth-order valence-electron chi connectivity index (χ4n) is 1.18. The molecule has 0 aliphatic heterocycles. The van der Waals surface area contributed by atoms with Gasteiger partial charge in [0.15, 0.2) is 0 Å². The molecule has 1 N–H and O–H groups in total. The monoisotopic (exact) mass is 186 g/mol. The van der Waals surface area contributed by atoms with Crippen molar-refractivity contribution in [1.29, 1.82) is 0 Å². The maximum absolute atomic E-state index is 13.3. The van der Waals surface area contributed by atoms with E-state index in [2.05, 4.69) is 0 Å². The Hall–Kier alpha value is -0.960. The summed E-state index contributed by atoms with van der Waals surface area (Å²) in [6.07, 6.45) is 0.950. The number of benzene rings is 1. The van der Waals surface area contributed by atoms with Gasteiger partial charge in [-0.1, -0.05) is 6.07 Å². The van der Waals surface area contributed by atoms with E-state index in [0.717, 1.165) is 0 Å². The number of rotatable bonds is 3. The Kier molecular flexibility index (Phi) is 3.37. The molecule has 0 fully saturated rings. The first-order valence-corrected chi connectivity index (χ1v) is 4.21. The highest BCUT2D eigenvalue weighted by molar-refractivity contribution is 5.26. The van der Waals surface area contributed by atoms with E-state index in [1.165, 1.54) is 19.1 Å². The van der Waals surface area contributed by atoms with Crippen LogP contribution < -0.4 is 0 Å². The van der Waals surface area contributed by atoms with Crippen molar-refractivity contribution in [2.24, 2.45) is 0 Å². The van der Waals surface area contributed by atoms with E-state index in [9.17, 15) is 8.78 Å². The molecule has 0 heterocycles. The van der Waals surface area contributed by atoms with Crippen LogP contribution in [0.3, 0.4) is 0 Å². The van der Waals surface area contributed by atoms with Crippen LogP contribution in [0.25, 0.3) is 0 Å². The fourth-order valence-corrected chi connectivity index (χ4v) is 1.18. The van der Waals surface area contributed by atoms with E-state index in [4.69, 9.17) is 5.11 Å². The number of aryl methyl sites for hydroxylation is 1. The number of hydrogen-bond acceptors (Lipinski definition) is 1. The molecule has 0 bridgehead atoms. The van der Waals surface area contributed by atoms with Crippen LogP contribution in [0.4, 0.5) is 8.78 Å². The summed E-state index contributed by atoms with van der Waals surface area (Å²) >= 11 is 0. The van der Waals surface area contributed by atoms with Crippen molar-refractivity contribution in [2.45, 2.75) is 19.8 Å². The zero-order valence-electron chi connectivity index (χ0n) is 7.48. The zero-order chi connectivity index (χ0) is 9.84. The van der Waals surface area contributed by atoms with Crippen molar-refractivity contribution in [2.75, 3.05) is 6.61 Å². The molecule has 0 amide bonds. The normalized spacial score (nSPS) is 10.5. The van der Waals surface area contributed by atoms with Crippen LogP contribution >= 0.6 is 0 Å². The van der Waals surface area contributed by atoms with Gasteiger partial charge in [0.1, 0.15) is 11.6 Å². The van der Waals surface area contributed by atoms with Gasteiger partial charge in [-0.3, -0.25) is 0 Å². The largest absolute Gasteiger partial charge is 0.396 e. The minimum absolute atomic E-state index is 0.0237. The molecule has 0 aliphatic carbocycles. The lowest BCUT2D eigenvalue weighted by molar-refractivity contribution is 0.288. The van der Waals surface area contributed by atoms with E-state index in [0.29, 0.717) is 18.4 Å². The summed E-state index contributed by atoms with van der Waals surface area (Å²) in [6, 6.07) is 2.68. The molecule has 13 heavy (non-hydrogen) atoms. The van der Waals surface area contributed by atoms with Crippen LogP contribution in [-0.2, 0) is 6.42 Å². The molecule has 0 saturated heterocycles. The highest BCUT2D eigenvalue weighted by Crippen LogP contribution is 2.16. The number of aliphatic hydroxyl groups is 1. The average molecular weight is 186 g/mol. The van der Waals surface area contributed by atoms with Gasteiger partial charge in [-0.25, -0.2) is 8.78 Å². The van der Waals surface area contributed by atoms with Gasteiger partial charge in [-0.05, 0) is 31.4 Å². The van der Waals surface area contributed by atoms with Crippen LogP contribution in [0.5, 0.6) is 0 Å². The second-order valence-corrected chi connectivity index (χ2v) is 2.97. The first-order chi connectivity index (χ1) is 6.16. The van der Waals surface area contributed by atoms with E-state index in [1.54, 1.807) is 0 Å². The average Bonchev–Trinajstić information content (AvgIpc) is 2.13. The molecule has 1 rings (SSSR count). The smallest absolute Gasteiger partial charge is 0.132 e. The number of halogens is 2. The minimum Gasteiger partial charge on any atom is -0.396 e. The summed E-state index contributed by atoms with van der Waals surface area (Å²) in [5, 5.41) is 8.55. The third-order valence-electron chi connectivity index (χ3n) is 2.00. The van der Waals surface area contributed by atoms with Gasteiger partial charge >= 0.3 is 0 Å². The molecule has 0 unspecified atom stereocenters. The molecule has 0 saturated carbocycles. The van der Waals surface area contributed by atoms with Gasteiger partial charge in [-0.2, -0.15) is 0 Å². The maximum Gasteiger partial charge on any atom is 0.132 e. The molecule has 0 spiro atoms. The number of aliphatic hydroxyl groups excluding tert-OH is 1. The lowest BCUT2D eigenvalue weighted by Gasteiger charge is -2.05. The molecule has 0 aromatic heterocycles. The van der Waals surface area contributed by atoms with Crippen molar-refractivity contribution in [3.8, 4) is 0 Å². The van der Waals surface area contributed by atoms with Crippen molar-refractivity contribution < 1.29 is 13.9 Å². The SMILES string of the molecule is Cc1c(F)ccc(CCCO)c1F. The van der Waals surface area contributed by atoms with Gasteiger partial charge < -0.3 is 5.11 Å². The Morgan fingerprint density at radius 3 is 2.62 bits per heavy atom. The van der Waals surface area contributed by atoms with Crippen LogP contribution in [0.15, 0.2) is 12.1 Å². The molecular weight excluding hydrogens is 174 g/mol. The summed E-state index contributed by atoms with van der Waals surface area (Å²) in [5.41, 5.74) is 0.517. The summed E-state index contributed by atoms with van der Waals surface area (Å²) in [7, 11) is 0. The van der Waals surface area contributed by atoms with Crippen molar-refractivity contribution in [1.82, 2.24) is 0 Å². The van der Waals surface area contributed by atoms with Gasteiger partial charge in [0.05, 0.1) is 0 Å². The Labute approximate surface area is 76.0 Å². The Morgan fingerprint density at radius 1 is 1.31 bits per heavy atom. The first-order valence-electron chi connectivity index (χ1n) is 4.21. The summed E-state index contributed by atoms with van der Waals surface area (Å²) in [6.45, 7) is 1.43. The topological polar surface area (TPSA) is 20.2 Å². The quantitative estimate of drug-likeness (QED) is 0.767. The third-order valence-corrected chi connectivity index (χ3v) is 2.00. The second-order valence-electron chi connectivity index (χ2n) is 2.97. The standard InChI is InChI=1S/C10H12F2O/c1-7-9(11)5-4-8(10(7)12)3-2-6-13/h4-5,13H,2-3,6H2,1H3. The molecule has 3 heteroatoms. The van der Waals surface area contributed by atoms with Gasteiger partial charge in [0.2, 0.25) is 0 Å². The highest BCUT2D eigenvalue weighted by atomic mass is 19.1. The van der Waals surface area contributed by atoms with Crippen LogP contribution in [0, 0.1) is 18.6 Å². The maximum atomic E-state index is 13.3. The Morgan fingerprint density at radius 2 is 2.00 bits per heavy atom. The molecule has 1 aromatic carbocycles. The first kappa shape index (κ1) is 10.1. The lowest BCUT2D eigenvalue weighted by Crippen LogP contribution is -1.98. The van der Waals surface area contributed by atoms with Crippen molar-refractivity contribution in [3.63, 3.8) is 0 Å². The molecule has 0 aliphatic rings. The number of hydrogen-bond donors (Lipinski definition) is 1. The van der Waals surface area contributed by atoms with Gasteiger partial charge in [-0.15, -0.1) is 0 Å². The molecule has 0 radical (unpaired) electrons. The van der Waals surface area contributed by atoms with E-state index >= 15 is 0 Å². The van der Waals surface area contributed by atoms with Crippen molar-refractivity contribution >= 4 is 0 Å². The molecule has 1 aromatic rings. The summed E-state index contributed by atoms with van der Waals surface area (Å²) in [5.74, 6) is -1.02. The molecular formula is C10H12F2O. The highest BCUT2D eigenvalue weighted by Gasteiger charge is 2.08. The van der Waals surface area contributed by atoms with Crippen LogP contribution in [0.1, 0.15) is 17.5 Å². The molecule has 1 nitrogen and oxygen atoms in total. The lowest BCUT2D eigenvalue weighted by atomic mass is 10.1. The second kappa shape index (κ2) is 4.33. The van der Waals surface area contributed by atoms with Crippen LogP contribution in [0.2, 0.25) is 0 Å². The molecule has 0 atom stereocenters. The molecule has 72 valence electrons. The van der Waals surface area contributed by atoms with Gasteiger partial charge in [0.25, 0.3) is 0 Å². The zero-order valence-corrected chi connectivity index (χ0v) is 7.48. The summed E-state index contributed by atoms with van der Waals surface area (Å²) in [4.78, 5) is 0. The van der Waals surface area contributed by atoms with Gasteiger partial charge in [0, 0.05) is 12.2 Å². The van der Waals surface area contributed by atoms with E-state index in [1.807, 2.05) is 0 Å². The van der Waals surface area contributed by atoms with E-state index < -0.39 is 11.6 Å². The third kappa shape index (κ3) is 2.25. The van der Waals surface area contributed by atoms with E-state index in [-0.39, 0.29) is 12.2 Å². The Bertz CT molecular complexity index is 297. The fraction of sp³-hybridized carbons (Fsp3) is 0.400. The predicted octanol–water partition coefficient (Wildman–Crippen LogP) is 2.20. The predicted molar refractivity (Wildman–Crippen MR) is 46.5 cm³/mol. The minimum atomic E-state index is -0.523.